The summed E-state index contributed by atoms with van der Waals surface area (Å²) in [7, 11) is 0. The van der Waals surface area contributed by atoms with Crippen molar-refractivity contribution in [2.45, 2.75) is 52.2 Å². The minimum atomic E-state index is -1.20. The van der Waals surface area contributed by atoms with E-state index in [-0.39, 0.29) is 40.7 Å². The molecule has 1 rings (SSSR count). The Bertz CT molecular complexity index is 413. The first kappa shape index (κ1) is 21.0. The van der Waals surface area contributed by atoms with Crippen molar-refractivity contribution in [3.8, 4) is 0 Å². The third-order valence-corrected chi connectivity index (χ3v) is 5.56. The zero-order valence-electron chi connectivity index (χ0n) is 13.6. The molecular weight excluding hydrogens is 299 g/mol. The van der Waals surface area contributed by atoms with E-state index < -0.39 is 23.3 Å². The minimum Gasteiger partial charge on any atom is -0.861 e. The molecule has 0 aromatic carbocycles. The minimum absolute atomic E-state index is 0. The van der Waals surface area contributed by atoms with Crippen LogP contribution in [0.25, 0.3) is 0 Å². The smallest absolute Gasteiger partial charge is 0.861 e. The van der Waals surface area contributed by atoms with Crippen molar-refractivity contribution in [1.29, 1.82) is 0 Å². The molecule has 0 bridgehead atoms. The molecule has 0 spiro atoms. The maximum atomic E-state index is 12.4. The molecule has 0 saturated heterocycles. The van der Waals surface area contributed by atoms with E-state index in [4.69, 9.17) is 0 Å². The van der Waals surface area contributed by atoms with Gasteiger partial charge in [-0.3, -0.25) is 10.1 Å². The Balaban J connectivity index is 0.00000400. The van der Waals surface area contributed by atoms with Crippen molar-refractivity contribution < 1.29 is 44.3 Å². The number of imide groups is 1. The molecule has 1 heterocycles. The Hall–Kier alpha value is -0.0400. The van der Waals surface area contributed by atoms with Gasteiger partial charge in [-0.15, -0.1) is 0 Å². The summed E-state index contributed by atoms with van der Waals surface area (Å²) >= 11 is 1.62. The first-order chi connectivity index (χ1) is 9.47. The monoisotopic (exact) mass is 322 g/mol. The largest absolute Gasteiger partial charge is 1.00 e. The van der Waals surface area contributed by atoms with Gasteiger partial charge in [0.2, 0.25) is 5.91 Å². The van der Waals surface area contributed by atoms with Gasteiger partial charge in [0.25, 0.3) is 0 Å². The van der Waals surface area contributed by atoms with Crippen LogP contribution in [0.1, 0.15) is 47.0 Å². The molecule has 0 radical (unpaired) electrons. The van der Waals surface area contributed by atoms with Crippen LogP contribution in [-0.2, 0) is 4.79 Å². The van der Waals surface area contributed by atoms with E-state index in [1.807, 2.05) is 13.8 Å². The van der Waals surface area contributed by atoms with Crippen LogP contribution in [0.15, 0.2) is 4.99 Å². The van der Waals surface area contributed by atoms with Gasteiger partial charge in [0, 0.05) is 5.25 Å². The summed E-state index contributed by atoms with van der Waals surface area (Å²) in [5.41, 5.74) is -1.20. The zero-order valence-corrected chi connectivity index (χ0v) is 16.4. The van der Waals surface area contributed by atoms with Crippen LogP contribution >= 0.6 is 11.8 Å². The van der Waals surface area contributed by atoms with Crippen LogP contribution in [-0.4, -0.2) is 28.8 Å². The number of amides is 3. The number of hydrogen-bond acceptors (Lipinski definition) is 4. The van der Waals surface area contributed by atoms with Gasteiger partial charge >= 0.3 is 35.6 Å². The summed E-state index contributed by atoms with van der Waals surface area (Å²) in [6.07, 6.45) is 2.15. The summed E-state index contributed by atoms with van der Waals surface area (Å²) in [6.45, 7) is 7.95. The van der Waals surface area contributed by atoms with Crippen LogP contribution in [0.3, 0.4) is 0 Å². The fourth-order valence-corrected chi connectivity index (χ4v) is 4.54. The maximum Gasteiger partial charge on any atom is 1.00 e. The van der Waals surface area contributed by atoms with Crippen molar-refractivity contribution in [1.82, 2.24) is 5.32 Å². The molecule has 114 valence electrons. The number of urea groups is 1. The standard InChI is InChI=1S/C14H24N2O3S.Na/c1-5-9(6-2)10(20-8-4)14(7-3)11(17)15-13(19)16-12(14)18;/h9-10H,5-8H2,1-4H3,(H2,15,16,17,18,19);/q;+1/p-1. The molecule has 21 heavy (non-hydrogen) atoms. The molecular formula is C14H23N2NaO3S. The summed E-state index contributed by atoms with van der Waals surface area (Å²) in [4.78, 5) is 27.1. The number of nitrogens with zero attached hydrogens (tertiary/aromatic N) is 1. The van der Waals surface area contributed by atoms with Crippen molar-refractivity contribution >= 4 is 29.6 Å². The Morgan fingerprint density at radius 1 is 1.24 bits per heavy atom. The number of rotatable bonds is 7. The van der Waals surface area contributed by atoms with Gasteiger partial charge in [-0.25, -0.2) is 9.79 Å². The Morgan fingerprint density at radius 3 is 2.19 bits per heavy atom. The third-order valence-electron chi connectivity index (χ3n) is 4.08. The molecule has 1 aliphatic rings. The van der Waals surface area contributed by atoms with E-state index in [2.05, 4.69) is 24.2 Å². The second-order valence-electron chi connectivity index (χ2n) is 4.95. The first-order valence-corrected chi connectivity index (χ1v) is 8.25. The number of hydrogen-bond donors (Lipinski definition) is 1. The number of carbonyl (C=O) groups is 2. The SMILES string of the molecule is CCSC(C(CC)CC)C1(CC)C(=O)NC(=O)N=C1[O-].[Na+]. The van der Waals surface area contributed by atoms with E-state index in [1.54, 1.807) is 11.8 Å². The average molecular weight is 322 g/mol. The number of nitrogens with one attached hydrogen (secondary N) is 1. The zero-order chi connectivity index (χ0) is 15.3. The molecule has 1 aliphatic heterocycles. The van der Waals surface area contributed by atoms with Gasteiger partial charge in [-0.1, -0.05) is 40.5 Å². The fraction of sp³-hybridized carbons (Fsp3) is 0.786. The van der Waals surface area contributed by atoms with E-state index in [9.17, 15) is 14.7 Å². The average Bonchev–Trinajstić information content (AvgIpc) is 2.40. The van der Waals surface area contributed by atoms with Gasteiger partial charge in [0.05, 0.1) is 5.41 Å². The molecule has 5 nitrogen and oxygen atoms in total. The fourth-order valence-electron chi connectivity index (χ4n) is 2.87. The maximum absolute atomic E-state index is 12.4. The summed E-state index contributed by atoms with van der Waals surface area (Å²) < 4.78 is 0. The molecule has 0 aliphatic carbocycles. The Kier molecular flexibility index (Phi) is 9.16. The number of carbonyl (C=O) groups excluding carboxylic acids is 2. The molecule has 0 fully saturated rings. The molecule has 2 unspecified atom stereocenters. The van der Waals surface area contributed by atoms with Gasteiger partial charge in [-0.05, 0) is 24.0 Å². The number of aliphatic imine (C=N–C) groups is 1. The second-order valence-corrected chi connectivity index (χ2v) is 6.37. The molecule has 0 aromatic rings. The van der Waals surface area contributed by atoms with Crippen molar-refractivity contribution in [3.05, 3.63) is 0 Å². The van der Waals surface area contributed by atoms with Gasteiger partial charge in [0.15, 0.2) is 0 Å². The van der Waals surface area contributed by atoms with E-state index >= 15 is 0 Å². The van der Waals surface area contributed by atoms with Crippen LogP contribution in [0.4, 0.5) is 4.79 Å². The molecule has 0 saturated carbocycles. The molecule has 1 N–H and O–H groups in total. The van der Waals surface area contributed by atoms with Crippen LogP contribution < -0.4 is 40.0 Å². The first-order valence-electron chi connectivity index (χ1n) is 7.20. The Labute approximate surface area is 153 Å². The van der Waals surface area contributed by atoms with E-state index in [0.29, 0.717) is 6.42 Å². The predicted molar refractivity (Wildman–Crippen MR) is 79.7 cm³/mol. The molecule has 3 amide bonds. The van der Waals surface area contributed by atoms with Crippen LogP contribution in [0.2, 0.25) is 0 Å². The quantitative estimate of drug-likeness (QED) is 0.607. The van der Waals surface area contributed by atoms with Gasteiger partial charge < -0.3 is 5.11 Å². The Morgan fingerprint density at radius 2 is 1.81 bits per heavy atom. The van der Waals surface area contributed by atoms with Crippen molar-refractivity contribution in [3.63, 3.8) is 0 Å². The van der Waals surface area contributed by atoms with Crippen molar-refractivity contribution in [2.75, 3.05) is 5.75 Å². The van der Waals surface area contributed by atoms with Gasteiger partial charge in [0.1, 0.15) is 0 Å². The predicted octanol–water partition coefficient (Wildman–Crippen LogP) is -1.05. The summed E-state index contributed by atoms with van der Waals surface area (Å²) in [5.74, 6) is 0.00434. The summed E-state index contributed by atoms with van der Waals surface area (Å²) in [5, 5.41) is 14.4. The third kappa shape index (κ3) is 4.03. The molecule has 7 heteroatoms. The second kappa shape index (κ2) is 9.18. The van der Waals surface area contributed by atoms with E-state index in [1.165, 1.54) is 0 Å². The topological polar surface area (TPSA) is 81.6 Å². The molecule has 0 aromatic heterocycles. The summed E-state index contributed by atoms with van der Waals surface area (Å²) in [6, 6.07) is -0.839. The van der Waals surface area contributed by atoms with E-state index in [0.717, 1.165) is 18.6 Å². The van der Waals surface area contributed by atoms with Crippen molar-refractivity contribution in [2.24, 2.45) is 16.3 Å². The van der Waals surface area contributed by atoms with Crippen LogP contribution in [0, 0.1) is 11.3 Å². The molecule has 2 atom stereocenters. The van der Waals surface area contributed by atoms with Gasteiger partial charge in [-0.2, -0.15) is 11.8 Å². The van der Waals surface area contributed by atoms with Crippen LogP contribution in [0.5, 0.6) is 0 Å². The normalized spacial score (nSPS) is 23.4. The number of thioether (sulfide) groups is 1.